The van der Waals surface area contributed by atoms with Gasteiger partial charge in [0.05, 0.1) is 12.7 Å². The van der Waals surface area contributed by atoms with E-state index >= 15 is 0 Å². The topological polar surface area (TPSA) is 21.3 Å². The van der Waals surface area contributed by atoms with Crippen LogP contribution in [-0.4, -0.2) is 13.2 Å². The SMILES string of the molecule is CC(C)c1ccc(NCC2OCCc3ccccc32)cc1. The second kappa shape index (κ2) is 6.31. The minimum Gasteiger partial charge on any atom is -0.382 e. The summed E-state index contributed by atoms with van der Waals surface area (Å²) in [5.74, 6) is 0.576. The van der Waals surface area contributed by atoms with Crippen LogP contribution in [0, 0.1) is 0 Å². The zero-order chi connectivity index (χ0) is 14.7. The van der Waals surface area contributed by atoms with Gasteiger partial charge in [-0.2, -0.15) is 0 Å². The van der Waals surface area contributed by atoms with Gasteiger partial charge in [0.1, 0.15) is 0 Å². The van der Waals surface area contributed by atoms with Gasteiger partial charge in [0.15, 0.2) is 0 Å². The van der Waals surface area contributed by atoms with Crippen molar-refractivity contribution in [3.63, 3.8) is 0 Å². The molecule has 2 aromatic carbocycles. The molecule has 1 aliphatic rings. The van der Waals surface area contributed by atoms with Crippen LogP contribution in [-0.2, 0) is 11.2 Å². The maximum absolute atomic E-state index is 5.93. The summed E-state index contributed by atoms with van der Waals surface area (Å²) in [5.41, 5.74) is 5.28. The van der Waals surface area contributed by atoms with Gasteiger partial charge in [0, 0.05) is 12.2 Å². The Bertz CT molecular complexity index is 589. The molecule has 1 atom stereocenters. The molecule has 1 heterocycles. The molecule has 2 nitrogen and oxygen atoms in total. The molecule has 0 bridgehead atoms. The molecule has 2 heteroatoms. The summed E-state index contributed by atoms with van der Waals surface area (Å²) in [4.78, 5) is 0. The summed E-state index contributed by atoms with van der Waals surface area (Å²) in [6, 6.07) is 17.3. The van der Waals surface area contributed by atoms with Gasteiger partial charge in [-0.15, -0.1) is 0 Å². The Balaban J connectivity index is 1.66. The number of anilines is 1. The highest BCUT2D eigenvalue weighted by atomic mass is 16.5. The molecule has 2 aromatic rings. The van der Waals surface area contributed by atoms with Crippen LogP contribution in [0.25, 0.3) is 0 Å². The van der Waals surface area contributed by atoms with Crippen molar-refractivity contribution in [3.05, 3.63) is 65.2 Å². The van der Waals surface area contributed by atoms with Gasteiger partial charge in [-0.3, -0.25) is 0 Å². The third-order valence-corrected chi connectivity index (χ3v) is 4.16. The van der Waals surface area contributed by atoms with E-state index in [2.05, 4.69) is 67.7 Å². The Morgan fingerprint density at radius 3 is 2.62 bits per heavy atom. The summed E-state index contributed by atoms with van der Waals surface area (Å²) < 4.78 is 5.93. The lowest BCUT2D eigenvalue weighted by molar-refractivity contribution is 0.0513. The second-order valence-corrected chi connectivity index (χ2v) is 5.97. The zero-order valence-electron chi connectivity index (χ0n) is 12.8. The molecule has 0 aromatic heterocycles. The monoisotopic (exact) mass is 281 g/mol. The van der Waals surface area contributed by atoms with Crippen LogP contribution < -0.4 is 5.32 Å². The van der Waals surface area contributed by atoms with E-state index in [-0.39, 0.29) is 6.10 Å². The van der Waals surface area contributed by atoms with Gasteiger partial charge in [-0.05, 0) is 41.2 Å². The fourth-order valence-electron chi connectivity index (χ4n) is 2.84. The van der Waals surface area contributed by atoms with E-state index in [9.17, 15) is 0 Å². The van der Waals surface area contributed by atoms with Crippen LogP contribution in [0.2, 0.25) is 0 Å². The number of fused-ring (bicyclic) bond motifs is 1. The summed E-state index contributed by atoms with van der Waals surface area (Å²) in [7, 11) is 0. The van der Waals surface area contributed by atoms with Crippen molar-refractivity contribution in [1.82, 2.24) is 0 Å². The fourth-order valence-corrected chi connectivity index (χ4v) is 2.84. The lowest BCUT2D eigenvalue weighted by Gasteiger charge is -2.26. The Morgan fingerprint density at radius 2 is 1.86 bits per heavy atom. The number of hydrogen-bond donors (Lipinski definition) is 1. The first-order valence-electron chi connectivity index (χ1n) is 7.77. The zero-order valence-corrected chi connectivity index (χ0v) is 12.8. The number of rotatable bonds is 4. The van der Waals surface area contributed by atoms with E-state index in [0.29, 0.717) is 5.92 Å². The number of nitrogens with one attached hydrogen (secondary N) is 1. The molecule has 1 unspecified atom stereocenters. The first-order valence-corrected chi connectivity index (χ1v) is 7.77. The third kappa shape index (κ3) is 3.27. The van der Waals surface area contributed by atoms with Crippen molar-refractivity contribution < 1.29 is 4.74 Å². The van der Waals surface area contributed by atoms with Crippen LogP contribution in [0.3, 0.4) is 0 Å². The third-order valence-electron chi connectivity index (χ3n) is 4.16. The van der Waals surface area contributed by atoms with E-state index in [0.717, 1.165) is 25.3 Å². The molecule has 0 spiro atoms. The number of hydrogen-bond acceptors (Lipinski definition) is 2. The molecule has 0 fully saturated rings. The van der Waals surface area contributed by atoms with E-state index in [1.807, 2.05) is 0 Å². The molecular formula is C19H23NO. The van der Waals surface area contributed by atoms with Gasteiger partial charge in [-0.1, -0.05) is 50.2 Å². The molecule has 0 saturated heterocycles. The highest BCUT2D eigenvalue weighted by molar-refractivity contribution is 5.45. The van der Waals surface area contributed by atoms with Crippen LogP contribution in [0.5, 0.6) is 0 Å². The van der Waals surface area contributed by atoms with Crippen LogP contribution in [0.15, 0.2) is 48.5 Å². The Morgan fingerprint density at radius 1 is 1.10 bits per heavy atom. The van der Waals surface area contributed by atoms with Crippen molar-refractivity contribution in [2.45, 2.75) is 32.3 Å². The average molecular weight is 281 g/mol. The van der Waals surface area contributed by atoms with Crippen LogP contribution in [0.1, 0.15) is 42.6 Å². The predicted molar refractivity (Wildman–Crippen MR) is 87.9 cm³/mol. The normalized spacial score (nSPS) is 17.6. The van der Waals surface area contributed by atoms with Crippen molar-refractivity contribution in [3.8, 4) is 0 Å². The molecule has 3 rings (SSSR count). The highest BCUT2D eigenvalue weighted by Crippen LogP contribution is 2.27. The summed E-state index contributed by atoms with van der Waals surface area (Å²) >= 11 is 0. The molecule has 0 aliphatic carbocycles. The van der Waals surface area contributed by atoms with Crippen molar-refractivity contribution in [1.29, 1.82) is 0 Å². The largest absolute Gasteiger partial charge is 0.382 e. The van der Waals surface area contributed by atoms with E-state index < -0.39 is 0 Å². The predicted octanol–water partition coefficient (Wildman–Crippen LogP) is 4.54. The minimum atomic E-state index is 0.153. The number of ether oxygens (including phenoxy) is 1. The number of benzene rings is 2. The molecule has 21 heavy (non-hydrogen) atoms. The van der Waals surface area contributed by atoms with E-state index in [1.165, 1.54) is 16.7 Å². The summed E-state index contributed by atoms with van der Waals surface area (Å²) in [5, 5.41) is 3.50. The van der Waals surface area contributed by atoms with Gasteiger partial charge in [-0.25, -0.2) is 0 Å². The maximum Gasteiger partial charge on any atom is 0.0999 e. The first kappa shape index (κ1) is 14.2. The van der Waals surface area contributed by atoms with Gasteiger partial charge in [0.25, 0.3) is 0 Å². The Labute approximate surface area is 127 Å². The average Bonchev–Trinajstić information content (AvgIpc) is 2.53. The quantitative estimate of drug-likeness (QED) is 0.888. The van der Waals surface area contributed by atoms with Crippen LogP contribution >= 0.6 is 0 Å². The van der Waals surface area contributed by atoms with Gasteiger partial charge >= 0.3 is 0 Å². The lowest BCUT2D eigenvalue weighted by Crippen LogP contribution is -2.22. The second-order valence-electron chi connectivity index (χ2n) is 5.97. The summed E-state index contributed by atoms with van der Waals surface area (Å²) in [6.07, 6.45) is 1.18. The van der Waals surface area contributed by atoms with Crippen molar-refractivity contribution >= 4 is 5.69 Å². The van der Waals surface area contributed by atoms with Crippen molar-refractivity contribution in [2.24, 2.45) is 0 Å². The minimum absolute atomic E-state index is 0.153. The fraction of sp³-hybridized carbons (Fsp3) is 0.368. The summed E-state index contributed by atoms with van der Waals surface area (Å²) in [6.45, 7) is 6.07. The van der Waals surface area contributed by atoms with Gasteiger partial charge in [0.2, 0.25) is 0 Å². The van der Waals surface area contributed by atoms with Gasteiger partial charge < -0.3 is 10.1 Å². The molecular weight excluding hydrogens is 258 g/mol. The lowest BCUT2D eigenvalue weighted by atomic mass is 9.97. The van der Waals surface area contributed by atoms with Crippen LogP contribution in [0.4, 0.5) is 5.69 Å². The molecule has 1 aliphatic heterocycles. The molecule has 110 valence electrons. The smallest absolute Gasteiger partial charge is 0.0999 e. The highest BCUT2D eigenvalue weighted by Gasteiger charge is 2.19. The molecule has 1 N–H and O–H groups in total. The Kier molecular flexibility index (Phi) is 4.26. The molecule has 0 amide bonds. The van der Waals surface area contributed by atoms with E-state index in [4.69, 9.17) is 4.74 Å². The van der Waals surface area contributed by atoms with E-state index in [1.54, 1.807) is 0 Å². The maximum atomic E-state index is 5.93. The first-order chi connectivity index (χ1) is 10.2. The molecule has 0 radical (unpaired) electrons. The van der Waals surface area contributed by atoms with Crippen molar-refractivity contribution in [2.75, 3.05) is 18.5 Å². The standard InChI is InChI=1S/C19H23NO/c1-14(2)15-7-9-17(10-8-15)20-13-19-18-6-4-3-5-16(18)11-12-21-19/h3-10,14,19-20H,11-13H2,1-2H3. The Hall–Kier alpha value is -1.80. The molecule has 0 saturated carbocycles.